The third-order valence-electron chi connectivity index (χ3n) is 5.19. The van der Waals surface area contributed by atoms with Crippen LogP contribution in [0, 0.1) is 13.8 Å². The predicted molar refractivity (Wildman–Crippen MR) is 119 cm³/mol. The summed E-state index contributed by atoms with van der Waals surface area (Å²) in [4.78, 5) is 21.0. The molecule has 4 nitrogen and oxygen atoms in total. The lowest BCUT2D eigenvalue weighted by Gasteiger charge is -2.07. The summed E-state index contributed by atoms with van der Waals surface area (Å²) < 4.78 is 1.65. The molecule has 3 aromatic carbocycles. The summed E-state index contributed by atoms with van der Waals surface area (Å²) in [6.45, 7) is 4.09. The van der Waals surface area contributed by atoms with Crippen molar-refractivity contribution in [1.82, 2.24) is 14.4 Å². The number of fused-ring (bicyclic) bond motifs is 3. The summed E-state index contributed by atoms with van der Waals surface area (Å²) >= 11 is 6.25. The Morgan fingerprint density at radius 1 is 0.862 bits per heavy atom. The Hall–Kier alpha value is -3.37. The molecule has 0 aliphatic rings. The molecule has 0 fully saturated rings. The molecule has 5 heteroatoms. The van der Waals surface area contributed by atoms with E-state index >= 15 is 0 Å². The van der Waals surface area contributed by atoms with Crippen LogP contribution in [0.5, 0.6) is 0 Å². The molecule has 2 aromatic heterocycles. The van der Waals surface area contributed by atoms with Crippen LogP contribution in [0.3, 0.4) is 0 Å². The van der Waals surface area contributed by atoms with Gasteiger partial charge >= 0.3 is 5.69 Å². The van der Waals surface area contributed by atoms with Crippen molar-refractivity contribution >= 4 is 28.2 Å². The maximum atomic E-state index is 13.1. The van der Waals surface area contributed by atoms with Gasteiger partial charge in [0.2, 0.25) is 0 Å². The van der Waals surface area contributed by atoms with Crippen molar-refractivity contribution in [3.63, 3.8) is 0 Å². The van der Waals surface area contributed by atoms with Gasteiger partial charge in [-0.2, -0.15) is 0 Å². The molecular formula is C24H18ClN3O. The molecule has 29 heavy (non-hydrogen) atoms. The molecular weight excluding hydrogens is 382 g/mol. The van der Waals surface area contributed by atoms with Gasteiger partial charge in [-0.25, -0.2) is 14.2 Å². The van der Waals surface area contributed by atoms with Crippen LogP contribution in [-0.2, 0) is 0 Å². The number of aryl methyl sites for hydroxylation is 2. The first-order chi connectivity index (χ1) is 14.0. The first-order valence-corrected chi connectivity index (χ1v) is 9.77. The average molecular weight is 400 g/mol. The monoisotopic (exact) mass is 399 g/mol. The number of rotatable bonds is 2. The van der Waals surface area contributed by atoms with E-state index in [-0.39, 0.29) is 5.69 Å². The Balaban J connectivity index is 1.95. The van der Waals surface area contributed by atoms with Crippen molar-refractivity contribution in [2.75, 3.05) is 0 Å². The number of H-pyrrole nitrogens is 1. The van der Waals surface area contributed by atoms with Gasteiger partial charge < -0.3 is 4.98 Å². The zero-order valence-electron chi connectivity index (χ0n) is 16.0. The molecule has 0 spiro atoms. The molecule has 0 aliphatic carbocycles. The molecule has 2 heterocycles. The number of hydrogen-bond donors (Lipinski definition) is 1. The van der Waals surface area contributed by atoms with Crippen molar-refractivity contribution in [3.05, 3.63) is 93.4 Å². The number of aromatic amines is 1. The van der Waals surface area contributed by atoms with Crippen LogP contribution in [0.15, 0.2) is 71.5 Å². The van der Waals surface area contributed by atoms with Gasteiger partial charge in [0.1, 0.15) is 0 Å². The van der Waals surface area contributed by atoms with Gasteiger partial charge in [0.05, 0.1) is 16.9 Å². The van der Waals surface area contributed by atoms with E-state index in [1.165, 1.54) is 5.56 Å². The van der Waals surface area contributed by atoms with E-state index in [9.17, 15) is 4.79 Å². The highest BCUT2D eigenvalue weighted by Crippen LogP contribution is 2.34. The van der Waals surface area contributed by atoms with Gasteiger partial charge in [0.15, 0.2) is 5.65 Å². The van der Waals surface area contributed by atoms with E-state index < -0.39 is 0 Å². The Morgan fingerprint density at radius 3 is 2.14 bits per heavy atom. The highest BCUT2D eigenvalue weighted by molar-refractivity contribution is 6.31. The van der Waals surface area contributed by atoms with Crippen LogP contribution in [0.1, 0.15) is 11.1 Å². The van der Waals surface area contributed by atoms with Crippen LogP contribution in [0.25, 0.3) is 39.1 Å². The van der Waals surface area contributed by atoms with Crippen LogP contribution < -0.4 is 5.69 Å². The zero-order valence-corrected chi connectivity index (χ0v) is 16.8. The smallest absolute Gasteiger partial charge is 0.306 e. The minimum Gasteiger partial charge on any atom is -0.306 e. The predicted octanol–water partition coefficient (Wildman–Crippen LogP) is 5.78. The molecule has 1 N–H and O–H groups in total. The van der Waals surface area contributed by atoms with Gasteiger partial charge in [0, 0.05) is 21.5 Å². The first kappa shape index (κ1) is 17.7. The number of nitrogens with one attached hydrogen (secondary N) is 1. The second-order valence-electron chi connectivity index (χ2n) is 7.32. The maximum Gasteiger partial charge on any atom is 0.332 e. The lowest BCUT2D eigenvalue weighted by Crippen LogP contribution is -2.17. The van der Waals surface area contributed by atoms with Gasteiger partial charge in [-0.15, -0.1) is 0 Å². The number of aromatic nitrogens is 3. The fraction of sp³-hybridized carbons (Fsp3) is 0.0833. The molecule has 142 valence electrons. The van der Waals surface area contributed by atoms with E-state index in [1.807, 2.05) is 55.5 Å². The Bertz CT molecular complexity index is 1430. The van der Waals surface area contributed by atoms with Crippen molar-refractivity contribution in [3.8, 4) is 22.5 Å². The van der Waals surface area contributed by atoms with Crippen molar-refractivity contribution in [2.45, 2.75) is 13.8 Å². The largest absolute Gasteiger partial charge is 0.332 e. The lowest BCUT2D eigenvalue weighted by molar-refractivity contribution is 1.04. The average Bonchev–Trinajstić information content (AvgIpc) is 3.11. The number of halogens is 1. The molecule has 0 atom stereocenters. The molecule has 0 aliphatic heterocycles. The lowest BCUT2D eigenvalue weighted by atomic mass is 10.0. The molecule has 0 saturated heterocycles. The van der Waals surface area contributed by atoms with E-state index in [4.69, 9.17) is 16.6 Å². The molecule has 0 amide bonds. The highest BCUT2D eigenvalue weighted by atomic mass is 35.5. The summed E-state index contributed by atoms with van der Waals surface area (Å²) in [5.41, 5.74) is 6.85. The number of benzene rings is 3. The molecule has 0 saturated carbocycles. The van der Waals surface area contributed by atoms with Gasteiger partial charge in [-0.1, -0.05) is 71.3 Å². The van der Waals surface area contributed by atoms with E-state index in [0.717, 1.165) is 33.5 Å². The summed E-state index contributed by atoms with van der Waals surface area (Å²) in [6, 6.07) is 21.7. The molecule has 5 aromatic rings. The second kappa shape index (κ2) is 6.61. The summed E-state index contributed by atoms with van der Waals surface area (Å²) in [6.07, 6.45) is 0. The zero-order chi connectivity index (χ0) is 20.1. The summed E-state index contributed by atoms with van der Waals surface area (Å²) in [5.74, 6) is 0. The fourth-order valence-electron chi connectivity index (χ4n) is 3.67. The van der Waals surface area contributed by atoms with Crippen LogP contribution in [0.4, 0.5) is 0 Å². The quantitative estimate of drug-likeness (QED) is 0.409. The number of hydrogen-bond acceptors (Lipinski definition) is 2. The Morgan fingerprint density at radius 2 is 1.48 bits per heavy atom. The number of nitrogens with zero attached hydrogens (tertiary/aromatic N) is 2. The highest BCUT2D eigenvalue weighted by Gasteiger charge is 2.20. The third-order valence-corrected chi connectivity index (χ3v) is 5.43. The van der Waals surface area contributed by atoms with Crippen molar-refractivity contribution in [1.29, 1.82) is 0 Å². The molecule has 0 radical (unpaired) electrons. The maximum absolute atomic E-state index is 13.1. The SMILES string of the molecule is Cc1ccc(-c2nc3c4cc(Cl)ccc4[nH]c(=O)n3c2-c2ccc(C)cc2)cc1. The first-order valence-electron chi connectivity index (χ1n) is 9.39. The molecule has 0 unspecified atom stereocenters. The fourth-order valence-corrected chi connectivity index (χ4v) is 3.84. The van der Waals surface area contributed by atoms with Crippen LogP contribution in [0.2, 0.25) is 5.02 Å². The summed E-state index contributed by atoms with van der Waals surface area (Å²) in [5, 5.41) is 1.41. The standard InChI is InChI=1S/C24H18ClN3O/c1-14-3-7-16(8-4-14)21-22(17-9-5-15(2)6-10-17)28-23(27-21)19-13-18(25)11-12-20(19)26-24(28)29/h3-13H,1-2H3,(H,26,29). The van der Waals surface area contributed by atoms with E-state index in [1.54, 1.807) is 10.5 Å². The van der Waals surface area contributed by atoms with Crippen LogP contribution >= 0.6 is 11.6 Å². The van der Waals surface area contributed by atoms with E-state index in [0.29, 0.717) is 16.2 Å². The van der Waals surface area contributed by atoms with Crippen LogP contribution in [-0.4, -0.2) is 14.4 Å². The minimum atomic E-state index is -0.226. The van der Waals surface area contributed by atoms with Gasteiger partial charge in [-0.3, -0.25) is 0 Å². The Kier molecular flexibility index (Phi) is 4.03. The minimum absolute atomic E-state index is 0.226. The number of imidazole rings is 1. The Labute approximate surface area is 172 Å². The third kappa shape index (κ3) is 2.93. The normalized spacial score (nSPS) is 11.4. The van der Waals surface area contributed by atoms with E-state index in [2.05, 4.69) is 24.0 Å². The van der Waals surface area contributed by atoms with Gasteiger partial charge in [0.25, 0.3) is 0 Å². The molecule has 5 rings (SSSR count). The summed E-state index contributed by atoms with van der Waals surface area (Å²) in [7, 11) is 0. The molecule has 0 bridgehead atoms. The topological polar surface area (TPSA) is 50.2 Å². The van der Waals surface area contributed by atoms with Crippen molar-refractivity contribution < 1.29 is 0 Å². The van der Waals surface area contributed by atoms with Gasteiger partial charge in [-0.05, 0) is 32.0 Å². The van der Waals surface area contributed by atoms with Crippen molar-refractivity contribution in [2.24, 2.45) is 0 Å². The second-order valence-corrected chi connectivity index (χ2v) is 7.76.